The maximum absolute atomic E-state index is 11.0. The molecule has 4 fully saturated rings. The van der Waals surface area contributed by atoms with Crippen LogP contribution >= 0.6 is 0 Å². The van der Waals surface area contributed by atoms with Gasteiger partial charge in [-0.1, -0.05) is 27.2 Å². The van der Waals surface area contributed by atoms with Gasteiger partial charge in [0.25, 0.3) is 0 Å². The highest BCUT2D eigenvalue weighted by Crippen LogP contribution is 2.67. The molecule has 3 nitrogen and oxygen atoms in total. The van der Waals surface area contributed by atoms with Crippen molar-refractivity contribution < 1.29 is 10.6 Å². The fourth-order valence-electron chi connectivity index (χ4n) is 8.11. The molecule has 1 unspecified atom stereocenters. The molecule has 0 spiro atoms. The van der Waals surface area contributed by atoms with Crippen molar-refractivity contribution in [2.75, 3.05) is 0 Å². The number of aliphatic hydroxyl groups is 1. The standard InChI is InChI=1S/C21H37NO.H2O/c1-4-13-5-6-16-15-12-19(23)18-11-14(22)7-9-21(18,3)17(15)8-10-20(13,16)2;/h13-19,23H,4-12,22H2,1-3H3;1H2/t13-,14+,15-,16-,17-,18?,19+,20+,21+;/m0./s1. The zero-order valence-electron chi connectivity index (χ0n) is 15.9. The van der Waals surface area contributed by atoms with E-state index in [9.17, 15) is 5.11 Å². The Morgan fingerprint density at radius 2 is 1.58 bits per heavy atom. The minimum Gasteiger partial charge on any atom is -0.412 e. The van der Waals surface area contributed by atoms with Gasteiger partial charge in [0.05, 0.1) is 6.10 Å². The quantitative estimate of drug-likeness (QED) is 0.768. The molecule has 5 N–H and O–H groups in total. The Bertz CT molecular complexity index is 469. The lowest BCUT2D eigenvalue weighted by atomic mass is 9.44. The van der Waals surface area contributed by atoms with Crippen LogP contribution in [0.5, 0.6) is 0 Å². The summed E-state index contributed by atoms with van der Waals surface area (Å²) in [6.07, 6.45) is 11.5. The second kappa shape index (κ2) is 6.25. The zero-order valence-corrected chi connectivity index (χ0v) is 15.9. The molecule has 9 atom stereocenters. The summed E-state index contributed by atoms with van der Waals surface area (Å²) in [5, 5.41) is 11.0. The van der Waals surface area contributed by atoms with E-state index >= 15 is 0 Å². The molecule has 0 bridgehead atoms. The maximum Gasteiger partial charge on any atom is 0.0577 e. The minimum absolute atomic E-state index is 0. The third-order valence-corrected chi connectivity index (χ3v) is 9.41. The maximum atomic E-state index is 11.0. The van der Waals surface area contributed by atoms with E-state index in [0.29, 0.717) is 22.8 Å². The lowest BCUT2D eigenvalue weighted by Crippen LogP contribution is -2.58. The molecule has 0 amide bonds. The topological polar surface area (TPSA) is 77.8 Å². The van der Waals surface area contributed by atoms with Crippen LogP contribution in [0.4, 0.5) is 0 Å². The molecular weight excluding hydrogens is 298 g/mol. The molecule has 0 aromatic heterocycles. The van der Waals surface area contributed by atoms with Crippen molar-refractivity contribution in [3.63, 3.8) is 0 Å². The van der Waals surface area contributed by atoms with Gasteiger partial charge in [0, 0.05) is 6.04 Å². The highest BCUT2D eigenvalue weighted by atomic mass is 16.3. The predicted molar refractivity (Wildman–Crippen MR) is 98.5 cm³/mol. The van der Waals surface area contributed by atoms with Crippen LogP contribution in [0, 0.1) is 40.4 Å². The minimum atomic E-state index is -0.101. The van der Waals surface area contributed by atoms with Gasteiger partial charge in [-0.3, -0.25) is 0 Å². The summed E-state index contributed by atoms with van der Waals surface area (Å²) in [5.74, 6) is 3.87. The molecule has 0 aromatic rings. The Hall–Kier alpha value is -0.120. The normalized spacial score (nSPS) is 56.6. The van der Waals surface area contributed by atoms with Crippen molar-refractivity contribution in [3.8, 4) is 0 Å². The molecule has 24 heavy (non-hydrogen) atoms. The molecule has 4 rings (SSSR count). The highest BCUT2D eigenvalue weighted by molar-refractivity contribution is 5.11. The van der Waals surface area contributed by atoms with Crippen LogP contribution in [0.1, 0.15) is 78.6 Å². The summed E-state index contributed by atoms with van der Waals surface area (Å²) in [6, 6.07) is 0.323. The van der Waals surface area contributed by atoms with Gasteiger partial charge in [0.2, 0.25) is 0 Å². The van der Waals surface area contributed by atoms with Crippen LogP contribution in [0.2, 0.25) is 0 Å². The van der Waals surface area contributed by atoms with E-state index in [1.807, 2.05) is 0 Å². The smallest absolute Gasteiger partial charge is 0.0577 e. The molecule has 0 heterocycles. The Balaban J connectivity index is 0.00000169. The molecule has 140 valence electrons. The van der Waals surface area contributed by atoms with E-state index in [-0.39, 0.29) is 11.6 Å². The Morgan fingerprint density at radius 1 is 0.917 bits per heavy atom. The van der Waals surface area contributed by atoms with Crippen molar-refractivity contribution in [1.82, 2.24) is 0 Å². The van der Waals surface area contributed by atoms with Gasteiger partial charge in [-0.05, 0) is 91.8 Å². The molecule has 0 aliphatic heterocycles. The van der Waals surface area contributed by atoms with Crippen LogP contribution in [-0.2, 0) is 0 Å². The van der Waals surface area contributed by atoms with Crippen LogP contribution in [0.25, 0.3) is 0 Å². The predicted octanol–water partition coefficient (Wildman–Crippen LogP) is 3.53. The van der Waals surface area contributed by atoms with Crippen LogP contribution in [0.3, 0.4) is 0 Å². The zero-order chi connectivity index (χ0) is 16.4. The summed E-state index contributed by atoms with van der Waals surface area (Å²) in [5.41, 5.74) is 7.17. The summed E-state index contributed by atoms with van der Waals surface area (Å²) in [6.45, 7) is 7.49. The van der Waals surface area contributed by atoms with Gasteiger partial charge in [0.1, 0.15) is 0 Å². The fraction of sp³-hybridized carbons (Fsp3) is 1.00. The lowest BCUT2D eigenvalue weighted by molar-refractivity contribution is -0.159. The van der Waals surface area contributed by atoms with Crippen molar-refractivity contribution in [2.45, 2.75) is 90.7 Å². The Morgan fingerprint density at radius 3 is 2.29 bits per heavy atom. The molecule has 4 saturated carbocycles. The Kier molecular flexibility index (Phi) is 4.86. The number of nitrogens with two attached hydrogens (primary N) is 1. The van der Waals surface area contributed by atoms with Crippen molar-refractivity contribution in [1.29, 1.82) is 0 Å². The van der Waals surface area contributed by atoms with E-state index in [2.05, 4.69) is 20.8 Å². The SMILES string of the molecule is CC[C@H]1CC[C@H]2[C@@H]3C[C@@H](O)C4C[C@H](N)CC[C@]4(C)[C@H]3CC[C@]12C.O. The second-order valence-corrected chi connectivity index (χ2v) is 10.1. The van der Waals surface area contributed by atoms with Crippen molar-refractivity contribution >= 4 is 0 Å². The van der Waals surface area contributed by atoms with Crippen LogP contribution < -0.4 is 5.73 Å². The van der Waals surface area contributed by atoms with Gasteiger partial charge in [0.15, 0.2) is 0 Å². The number of hydrogen-bond donors (Lipinski definition) is 2. The molecule has 0 radical (unpaired) electrons. The third kappa shape index (κ3) is 2.41. The molecular formula is C21H39NO2. The molecule has 0 saturated heterocycles. The first kappa shape index (κ1) is 18.7. The van der Waals surface area contributed by atoms with Crippen LogP contribution in [0.15, 0.2) is 0 Å². The average Bonchev–Trinajstić information content (AvgIpc) is 2.86. The summed E-state index contributed by atoms with van der Waals surface area (Å²) < 4.78 is 0. The third-order valence-electron chi connectivity index (χ3n) is 9.41. The van der Waals surface area contributed by atoms with E-state index in [1.54, 1.807) is 0 Å². The van der Waals surface area contributed by atoms with E-state index < -0.39 is 0 Å². The summed E-state index contributed by atoms with van der Waals surface area (Å²) in [7, 11) is 0. The van der Waals surface area contributed by atoms with Gasteiger partial charge in [-0.15, -0.1) is 0 Å². The monoisotopic (exact) mass is 337 g/mol. The average molecular weight is 338 g/mol. The van der Waals surface area contributed by atoms with Gasteiger partial charge in [-0.2, -0.15) is 0 Å². The number of fused-ring (bicyclic) bond motifs is 5. The summed E-state index contributed by atoms with van der Waals surface area (Å²) >= 11 is 0. The van der Waals surface area contributed by atoms with E-state index in [4.69, 9.17) is 5.73 Å². The van der Waals surface area contributed by atoms with E-state index in [1.165, 1.54) is 44.9 Å². The molecule has 4 aliphatic rings. The second-order valence-electron chi connectivity index (χ2n) is 10.1. The molecule has 0 aromatic carbocycles. The van der Waals surface area contributed by atoms with Gasteiger partial charge in [-0.25, -0.2) is 0 Å². The molecule has 4 aliphatic carbocycles. The first-order valence-electron chi connectivity index (χ1n) is 10.3. The molecule has 3 heteroatoms. The fourth-order valence-corrected chi connectivity index (χ4v) is 8.11. The van der Waals surface area contributed by atoms with Crippen molar-refractivity contribution in [2.24, 2.45) is 46.2 Å². The first-order chi connectivity index (χ1) is 10.9. The van der Waals surface area contributed by atoms with E-state index in [0.717, 1.165) is 36.5 Å². The highest BCUT2D eigenvalue weighted by Gasteiger charge is 2.61. The first-order valence-corrected chi connectivity index (χ1v) is 10.3. The van der Waals surface area contributed by atoms with Crippen molar-refractivity contribution in [3.05, 3.63) is 0 Å². The van der Waals surface area contributed by atoms with Gasteiger partial charge < -0.3 is 16.3 Å². The number of hydrogen-bond acceptors (Lipinski definition) is 2. The lowest BCUT2D eigenvalue weighted by Gasteiger charge is -2.62. The number of rotatable bonds is 1. The number of aliphatic hydroxyl groups excluding tert-OH is 1. The van der Waals surface area contributed by atoms with Crippen LogP contribution in [-0.4, -0.2) is 22.7 Å². The largest absolute Gasteiger partial charge is 0.412 e. The Labute approximate surface area is 148 Å². The summed E-state index contributed by atoms with van der Waals surface area (Å²) in [4.78, 5) is 0. The van der Waals surface area contributed by atoms with Gasteiger partial charge >= 0.3 is 0 Å².